The second-order valence-electron chi connectivity index (χ2n) is 12.5. The van der Waals surface area contributed by atoms with E-state index in [1.54, 1.807) is 17.0 Å². The summed E-state index contributed by atoms with van der Waals surface area (Å²) in [5.74, 6) is 0.316. The Bertz CT molecular complexity index is 1440. The Morgan fingerprint density at radius 2 is 1.71 bits per heavy atom. The summed E-state index contributed by atoms with van der Waals surface area (Å²) in [7, 11) is 0.793. The summed E-state index contributed by atoms with van der Waals surface area (Å²) >= 11 is 0. The number of benzene rings is 2. The largest absolute Gasteiger partial charge is 0.444 e. The van der Waals surface area contributed by atoms with Gasteiger partial charge in [-0.05, 0) is 94.1 Å². The monoisotopic (exact) mass is 580 g/mol. The number of nitrogens with two attached hydrogens (primary N) is 1. The van der Waals surface area contributed by atoms with Crippen molar-refractivity contribution in [1.82, 2.24) is 9.80 Å². The molecule has 2 N–H and O–H groups in total. The maximum Gasteiger partial charge on any atom is 0.441 e. The van der Waals surface area contributed by atoms with Crippen LogP contribution in [0.25, 0.3) is 10.4 Å². The van der Waals surface area contributed by atoms with E-state index in [0.717, 1.165) is 46.5 Å². The van der Waals surface area contributed by atoms with Gasteiger partial charge in [0.05, 0.1) is 9.26 Å². The zero-order valence-corrected chi connectivity index (χ0v) is 26.8. The lowest BCUT2D eigenvalue weighted by atomic mass is 9.88. The van der Waals surface area contributed by atoms with Crippen LogP contribution in [0.15, 0.2) is 51.7 Å². The zero-order chi connectivity index (χ0) is 30.5. The van der Waals surface area contributed by atoms with Gasteiger partial charge in [-0.1, -0.05) is 45.9 Å². The molecule has 1 atom stereocenters. The number of ether oxygens (including phenoxy) is 1. The summed E-state index contributed by atoms with van der Waals surface area (Å²) in [6, 6.07) is 11.6. The van der Waals surface area contributed by atoms with Crippen LogP contribution in [0.2, 0.25) is 0 Å². The number of nitrogens with zero attached hydrogens (tertiary/aromatic N) is 4. The highest BCUT2D eigenvalue weighted by atomic mass is 32.2. The van der Waals surface area contributed by atoms with Crippen molar-refractivity contribution in [2.24, 2.45) is 9.50 Å². The number of carbonyl (C=O) groups excluding carboxylic acids is 1. The number of carbonyl (C=O) groups is 1. The molecule has 2 aromatic rings. The molecular weight excluding hydrogens is 534 g/mol. The first-order valence-corrected chi connectivity index (χ1v) is 15.7. The van der Waals surface area contributed by atoms with Crippen molar-refractivity contribution in [3.05, 3.63) is 69.6 Å². The third kappa shape index (κ3) is 8.90. The summed E-state index contributed by atoms with van der Waals surface area (Å²) in [4.78, 5) is 21.6. The number of hydrogen-bond acceptors (Lipinski definition) is 5. The average molecular weight is 581 g/mol. The highest BCUT2D eigenvalue weighted by molar-refractivity contribution is 7.91. The third-order valence-corrected chi connectivity index (χ3v) is 7.98. The van der Waals surface area contributed by atoms with Crippen LogP contribution in [0.1, 0.15) is 89.0 Å². The van der Waals surface area contributed by atoms with Crippen molar-refractivity contribution in [1.29, 1.82) is 0 Å². The fourth-order valence-electron chi connectivity index (χ4n) is 4.65. The van der Waals surface area contributed by atoms with Crippen LogP contribution >= 0.6 is 0 Å². The standard InChI is InChI=1S/C32H45N5O3S/c1-22(2)28-17-26(25-11-10-16-37(20-25)31(38)40-32(5,6)7)18-29(23(3)4)30(28)34-21-35-41(33,39)27-14-12-24(13-15-27)19-36(8)9/h11-15,17-18,22-23,33H,10,16,19-20H2,1-9H3/p+1. The fraction of sp³-hybridized carbons (Fsp3) is 0.500. The lowest BCUT2D eigenvalue weighted by molar-refractivity contribution is 0.0273. The third-order valence-electron chi connectivity index (χ3n) is 6.68. The molecule has 0 radical (unpaired) electrons. The van der Waals surface area contributed by atoms with E-state index in [0.29, 0.717) is 18.0 Å². The van der Waals surface area contributed by atoms with E-state index >= 15 is 0 Å². The lowest BCUT2D eigenvalue weighted by Gasteiger charge is -2.30. The minimum Gasteiger partial charge on any atom is -0.444 e. The van der Waals surface area contributed by atoms with Crippen LogP contribution in [0.3, 0.4) is 0 Å². The van der Waals surface area contributed by atoms with Crippen LogP contribution in [0.4, 0.5) is 10.5 Å². The van der Waals surface area contributed by atoms with Crippen molar-refractivity contribution < 1.29 is 13.7 Å². The Kier molecular flexibility index (Phi) is 10.4. The second kappa shape index (κ2) is 13.2. The minimum absolute atomic E-state index is 0.158. The minimum atomic E-state index is -3.20. The first kappa shape index (κ1) is 32.3. The average Bonchev–Trinajstić information content (AvgIpc) is 2.87. The van der Waals surface area contributed by atoms with Gasteiger partial charge in [-0.2, -0.15) is 4.85 Å². The summed E-state index contributed by atoms with van der Waals surface area (Å²) in [5, 5.41) is 6.12. The molecule has 9 heteroatoms. The fourth-order valence-corrected chi connectivity index (χ4v) is 5.44. The van der Waals surface area contributed by atoms with Crippen molar-refractivity contribution in [3.8, 4) is 6.19 Å². The molecule has 1 amide bonds. The second-order valence-corrected chi connectivity index (χ2v) is 14.3. The van der Waals surface area contributed by atoms with Gasteiger partial charge >= 0.3 is 12.3 Å². The molecule has 0 fully saturated rings. The van der Waals surface area contributed by atoms with E-state index < -0.39 is 15.5 Å². The molecule has 0 saturated carbocycles. The molecule has 1 aliphatic heterocycles. The molecule has 0 spiro atoms. The summed E-state index contributed by atoms with van der Waals surface area (Å²) < 4.78 is 22.9. The van der Waals surface area contributed by atoms with Gasteiger partial charge in [0.15, 0.2) is 0 Å². The van der Waals surface area contributed by atoms with E-state index in [1.807, 2.05) is 47.0 Å². The summed E-state index contributed by atoms with van der Waals surface area (Å²) in [5.41, 5.74) is 5.51. The van der Waals surface area contributed by atoms with Crippen molar-refractivity contribution in [2.75, 3.05) is 27.2 Å². The van der Waals surface area contributed by atoms with Crippen LogP contribution in [-0.2, 0) is 21.2 Å². The van der Waals surface area contributed by atoms with Gasteiger partial charge in [0.25, 0.3) is 0 Å². The van der Waals surface area contributed by atoms with E-state index in [2.05, 4.69) is 66.2 Å². The Morgan fingerprint density at radius 1 is 1.12 bits per heavy atom. The smallest absolute Gasteiger partial charge is 0.441 e. The van der Waals surface area contributed by atoms with E-state index in [9.17, 15) is 9.00 Å². The van der Waals surface area contributed by atoms with E-state index in [4.69, 9.17) is 9.88 Å². The van der Waals surface area contributed by atoms with Gasteiger partial charge in [0, 0.05) is 30.8 Å². The van der Waals surface area contributed by atoms with E-state index in [-0.39, 0.29) is 17.9 Å². The normalized spacial score (nSPS) is 15.3. The highest BCUT2D eigenvalue weighted by Crippen LogP contribution is 2.38. The van der Waals surface area contributed by atoms with Crippen LogP contribution in [0, 0.1) is 6.19 Å². The molecule has 1 heterocycles. The van der Waals surface area contributed by atoms with Gasteiger partial charge in [-0.25, -0.2) is 14.1 Å². The van der Waals surface area contributed by atoms with Gasteiger partial charge in [0.2, 0.25) is 15.6 Å². The molecule has 222 valence electrons. The quantitative estimate of drug-likeness (QED) is 0.362. The number of amides is 1. The van der Waals surface area contributed by atoms with Gasteiger partial charge in [-0.15, -0.1) is 0 Å². The summed E-state index contributed by atoms with van der Waals surface area (Å²) in [6.45, 7) is 16.0. The molecule has 0 aliphatic carbocycles. The van der Waals surface area contributed by atoms with Crippen molar-refractivity contribution >= 4 is 27.3 Å². The molecule has 3 rings (SSSR count). The highest BCUT2D eigenvalue weighted by Gasteiger charge is 2.27. The van der Waals surface area contributed by atoms with E-state index in [1.165, 1.54) is 0 Å². The van der Waals surface area contributed by atoms with Gasteiger partial charge < -0.3 is 14.5 Å². The predicted molar refractivity (Wildman–Crippen MR) is 169 cm³/mol. The van der Waals surface area contributed by atoms with Crippen LogP contribution in [-0.4, -0.2) is 52.9 Å². The van der Waals surface area contributed by atoms with Crippen LogP contribution < -0.4 is 5.14 Å². The molecular formula is C32H46N5O3S+. The molecule has 0 saturated heterocycles. The Morgan fingerprint density at radius 3 is 2.22 bits per heavy atom. The lowest BCUT2D eigenvalue weighted by Crippen LogP contribution is -2.39. The molecule has 41 heavy (non-hydrogen) atoms. The predicted octanol–water partition coefficient (Wildman–Crippen LogP) is 7.34. The maximum atomic E-state index is 13.2. The van der Waals surface area contributed by atoms with Crippen molar-refractivity contribution in [2.45, 2.75) is 83.8 Å². The number of rotatable bonds is 6. The molecule has 0 bridgehead atoms. The molecule has 1 unspecified atom stereocenters. The van der Waals surface area contributed by atoms with Gasteiger partial charge in [0.1, 0.15) is 5.60 Å². The maximum absolute atomic E-state index is 13.2. The van der Waals surface area contributed by atoms with Gasteiger partial charge in [-0.3, -0.25) is 0 Å². The van der Waals surface area contributed by atoms with Crippen molar-refractivity contribution in [3.63, 3.8) is 0 Å². The zero-order valence-electron chi connectivity index (χ0n) is 26.0. The Hall–Kier alpha value is -3.19. The first-order chi connectivity index (χ1) is 19.1. The Labute approximate surface area is 246 Å². The SMILES string of the molecule is CC(C)c1cc(C2=CCCN(C(=O)OC(C)(C)C)C2)cc(C(C)C)c1[N+]#CN=S(N)(=O)c1ccc(CN(C)C)cc1. The summed E-state index contributed by atoms with van der Waals surface area (Å²) in [6.07, 6.45) is 5.33. The number of hydrogen-bond donors (Lipinski definition) is 1. The first-order valence-electron chi connectivity index (χ1n) is 14.2. The molecule has 1 aliphatic rings. The molecule has 2 aromatic carbocycles. The Balaban J connectivity index is 1.98. The topological polar surface area (TPSA) is 92.6 Å². The molecule has 8 nitrogen and oxygen atoms in total. The van der Waals surface area contributed by atoms with Crippen LogP contribution in [0.5, 0.6) is 0 Å². The molecule has 0 aromatic heterocycles.